The van der Waals surface area contributed by atoms with Crippen LogP contribution < -0.4 is 15.0 Å². The van der Waals surface area contributed by atoms with Gasteiger partial charge in [-0.3, -0.25) is 10.1 Å². The number of likely N-dealkylation sites (N-methyl/N-ethyl adjacent to an activating group) is 2. The maximum Gasteiger partial charge on any atom is 0.294 e. The first-order valence-electron chi connectivity index (χ1n) is 13.1. The third kappa shape index (κ3) is 6.93. The van der Waals surface area contributed by atoms with E-state index in [1.165, 1.54) is 13.2 Å². The summed E-state index contributed by atoms with van der Waals surface area (Å²) in [5, 5.41) is 25.3. The van der Waals surface area contributed by atoms with E-state index in [-0.39, 0.29) is 17.6 Å². The Morgan fingerprint density at radius 1 is 1.20 bits per heavy atom. The number of aromatic nitrogens is 2. The highest BCUT2D eigenvalue weighted by Gasteiger charge is 2.23. The molecule has 1 aromatic heterocycles. The number of allylic oxidation sites excluding steroid dienone is 1. The van der Waals surface area contributed by atoms with Crippen molar-refractivity contribution in [1.82, 2.24) is 14.9 Å². The predicted octanol–water partition coefficient (Wildman–Crippen LogP) is 5.81. The summed E-state index contributed by atoms with van der Waals surface area (Å²) >= 11 is 0. The lowest BCUT2D eigenvalue weighted by atomic mass is 9.87. The van der Waals surface area contributed by atoms with Crippen LogP contribution >= 0.6 is 0 Å². The fourth-order valence-corrected chi connectivity index (χ4v) is 4.32. The van der Waals surface area contributed by atoms with Crippen LogP contribution in [-0.4, -0.2) is 61.1 Å². The molecule has 0 radical (unpaired) electrons. The van der Waals surface area contributed by atoms with Gasteiger partial charge in [-0.25, -0.2) is 9.97 Å². The van der Waals surface area contributed by atoms with Crippen LogP contribution in [0, 0.1) is 34.3 Å². The summed E-state index contributed by atoms with van der Waals surface area (Å²) in [6.45, 7) is 7.40. The first kappa shape index (κ1) is 30.1. The Morgan fingerprint density at radius 3 is 2.52 bits per heavy atom. The number of nitro benzene ring substituents is 1. The van der Waals surface area contributed by atoms with Gasteiger partial charge in [-0.15, -0.1) is 0 Å². The molecular formula is C30H37N7O3. The number of nitriles is 1. The van der Waals surface area contributed by atoms with Crippen molar-refractivity contribution in [3.8, 4) is 11.8 Å². The second kappa shape index (κ2) is 13.5. The SMILES string of the molecule is CC[C@@H](C)/C(C#N)=C(/c1ccnc(Nc2cc([N+](=O)[O-])c(N(C)CCN(C)C)cc2OC)n1)c1ccccc1C. The minimum atomic E-state index is -0.409. The summed E-state index contributed by atoms with van der Waals surface area (Å²) in [7, 11) is 7.23. The van der Waals surface area contributed by atoms with E-state index in [0.29, 0.717) is 34.9 Å². The zero-order valence-electron chi connectivity index (χ0n) is 24.2. The van der Waals surface area contributed by atoms with Gasteiger partial charge in [-0.1, -0.05) is 38.1 Å². The molecule has 0 aliphatic rings. The van der Waals surface area contributed by atoms with Gasteiger partial charge in [0, 0.05) is 49.6 Å². The van der Waals surface area contributed by atoms with Crippen molar-refractivity contribution in [3.05, 3.63) is 81.2 Å². The van der Waals surface area contributed by atoms with E-state index >= 15 is 0 Å². The van der Waals surface area contributed by atoms with Gasteiger partial charge in [-0.05, 0) is 50.6 Å². The van der Waals surface area contributed by atoms with Crippen molar-refractivity contribution in [2.45, 2.75) is 27.2 Å². The Bertz CT molecular complexity index is 1430. The van der Waals surface area contributed by atoms with E-state index < -0.39 is 4.92 Å². The first-order valence-corrected chi connectivity index (χ1v) is 13.1. The summed E-state index contributed by atoms with van der Waals surface area (Å²) in [6.07, 6.45) is 2.41. The topological polar surface area (TPSA) is 120 Å². The van der Waals surface area contributed by atoms with Crippen LogP contribution in [0.5, 0.6) is 5.75 Å². The molecule has 1 heterocycles. The van der Waals surface area contributed by atoms with E-state index in [1.807, 2.05) is 76.0 Å². The van der Waals surface area contributed by atoms with Gasteiger partial charge in [0.25, 0.3) is 5.69 Å². The quantitative estimate of drug-likeness (QED) is 0.171. The zero-order valence-corrected chi connectivity index (χ0v) is 24.2. The molecule has 0 aliphatic carbocycles. The Hall–Kier alpha value is -4.49. The lowest BCUT2D eigenvalue weighted by Crippen LogP contribution is -2.28. The van der Waals surface area contributed by atoms with Crippen LogP contribution in [0.15, 0.2) is 54.2 Å². The van der Waals surface area contributed by atoms with Crippen molar-refractivity contribution in [2.75, 3.05) is 51.6 Å². The van der Waals surface area contributed by atoms with Crippen molar-refractivity contribution >= 4 is 28.6 Å². The van der Waals surface area contributed by atoms with E-state index in [4.69, 9.17) is 9.72 Å². The molecule has 40 heavy (non-hydrogen) atoms. The van der Waals surface area contributed by atoms with Crippen LogP contribution in [0.25, 0.3) is 5.57 Å². The Balaban J connectivity index is 2.11. The number of hydrogen-bond donors (Lipinski definition) is 1. The number of methoxy groups -OCH3 is 1. The number of aryl methyl sites for hydroxylation is 1. The predicted molar refractivity (Wildman–Crippen MR) is 159 cm³/mol. The molecule has 0 aliphatic heterocycles. The highest BCUT2D eigenvalue weighted by Crippen LogP contribution is 2.39. The number of nitro groups is 1. The fourth-order valence-electron chi connectivity index (χ4n) is 4.32. The molecule has 0 saturated heterocycles. The van der Waals surface area contributed by atoms with Gasteiger partial charge < -0.3 is 19.9 Å². The van der Waals surface area contributed by atoms with Crippen LogP contribution in [0.3, 0.4) is 0 Å². The maximum absolute atomic E-state index is 12.0. The van der Waals surface area contributed by atoms with Crippen molar-refractivity contribution in [2.24, 2.45) is 5.92 Å². The maximum atomic E-state index is 12.0. The van der Waals surface area contributed by atoms with E-state index in [1.54, 1.807) is 18.3 Å². The Kier molecular flexibility index (Phi) is 10.2. The minimum Gasteiger partial charge on any atom is -0.494 e. The number of hydrogen-bond acceptors (Lipinski definition) is 9. The van der Waals surface area contributed by atoms with Gasteiger partial charge in [-0.2, -0.15) is 5.26 Å². The lowest BCUT2D eigenvalue weighted by Gasteiger charge is -2.23. The number of nitrogens with zero attached hydrogens (tertiary/aromatic N) is 6. The molecule has 1 N–H and O–H groups in total. The molecule has 0 bridgehead atoms. The fraction of sp³-hybridized carbons (Fsp3) is 0.367. The molecule has 0 amide bonds. The normalized spacial score (nSPS) is 12.4. The van der Waals surface area contributed by atoms with Crippen LogP contribution in [0.4, 0.5) is 23.0 Å². The molecule has 3 rings (SSSR count). The molecule has 1 atom stereocenters. The van der Waals surface area contributed by atoms with Crippen molar-refractivity contribution in [3.63, 3.8) is 0 Å². The van der Waals surface area contributed by atoms with Crippen molar-refractivity contribution in [1.29, 1.82) is 5.26 Å². The Morgan fingerprint density at radius 2 is 1.93 bits per heavy atom. The third-order valence-electron chi connectivity index (χ3n) is 6.85. The molecule has 10 nitrogen and oxygen atoms in total. The van der Waals surface area contributed by atoms with E-state index in [0.717, 1.165) is 29.7 Å². The highest BCUT2D eigenvalue weighted by atomic mass is 16.6. The number of nitrogens with one attached hydrogen (secondary N) is 1. The number of ether oxygens (including phenoxy) is 1. The molecule has 10 heteroatoms. The summed E-state index contributed by atoms with van der Waals surface area (Å²) in [6, 6.07) is 15.2. The molecule has 0 unspecified atom stereocenters. The van der Waals surface area contributed by atoms with E-state index in [2.05, 4.69) is 16.4 Å². The summed E-state index contributed by atoms with van der Waals surface area (Å²) in [5.74, 6) is 0.662. The van der Waals surface area contributed by atoms with Gasteiger partial charge in [0.1, 0.15) is 11.4 Å². The van der Waals surface area contributed by atoms with E-state index in [9.17, 15) is 15.4 Å². The Labute approximate surface area is 236 Å². The second-order valence-electron chi connectivity index (χ2n) is 9.94. The summed E-state index contributed by atoms with van der Waals surface area (Å²) < 4.78 is 5.60. The second-order valence-corrected chi connectivity index (χ2v) is 9.94. The first-order chi connectivity index (χ1) is 19.1. The van der Waals surface area contributed by atoms with Gasteiger partial charge in [0.15, 0.2) is 0 Å². The smallest absolute Gasteiger partial charge is 0.294 e. The van der Waals surface area contributed by atoms with Gasteiger partial charge in [0.2, 0.25) is 5.95 Å². The molecule has 2 aromatic carbocycles. The molecule has 0 saturated carbocycles. The van der Waals surface area contributed by atoms with Crippen LogP contribution in [-0.2, 0) is 0 Å². The molecule has 0 spiro atoms. The number of rotatable bonds is 12. The van der Waals surface area contributed by atoms with Crippen molar-refractivity contribution < 1.29 is 9.66 Å². The highest BCUT2D eigenvalue weighted by molar-refractivity contribution is 5.85. The van der Waals surface area contributed by atoms with Gasteiger partial charge in [0.05, 0.1) is 29.5 Å². The summed E-state index contributed by atoms with van der Waals surface area (Å²) in [5.41, 5.74) is 4.65. The van der Waals surface area contributed by atoms with Crippen LogP contribution in [0.1, 0.15) is 37.1 Å². The largest absolute Gasteiger partial charge is 0.494 e. The number of anilines is 3. The standard InChI is InChI=1S/C30H37N7O3/c1-8-20(2)23(19-31)29(22-12-10-9-11-21(22)3)24-13-14-32-30(33-24)34-25-17-27(37(38)39)26(18-28(25)40-7)36(6)16-15-35(4)5/h9-14,17-18,20H,8,15-16H2,1-7H3,(H,32,33,34)/b29-23+/t20-/m1/s1. The van der Waals surface area contributed by atoms with Crippen LogP contribution in [0.2, 0.25) is 0 Å². The third-order valence-corrected chi connectivity index (χ3v) is 6.85. The number of benzene rings is 2. The molecule has 210 valence electrons. The summed E-state index contributed by atoms with van der Waals surface area (Å²) in [4.78, 5) is 24.6. The molecular weight excluding hydrogens is 506 g/mol. The minimum absolute atomic E-state index is 0.0192. The monoisotopic (exact) mass is 543 g/mol. The zero-order chi connectivity index (χ0) is 29.4. The van der Waals surface area contributed by atoms with Gasteiger partial charge >= 0.3 is 0 Å². The lowest BCUT2D eigenvalue weighted by molar-refractivity contribution is -0.384. The average Bonchev–Trinajstić information content (AvgIpc) is 2.94. The molecule has 0 fully saturated rings. The molecule has 3 aromatic rings. The average molecular weight is 544 g/mol.